The van der Waals surface area contributed by atoms with Crippen LogP contribution >= 0.6 is 11.6 Å². The molecule has 0 N–H and O–H groups in total. The lowest BCUT2D eigenvalue weighted by Gasteiger charge is -2.01. The molecule has 0 aliphatic carbocycles. The van der Waals surface area contributed by atoms with Gasteiger partial charge in [-0.2, -0.15) is 0 Å². The van der Waals surface area contributed by atoms with Crippen LogP contribution < -0.4 is 0 Å². The van der Waals surface area contributed by atoms with Crippen molar-refractivity contribution in [3.8, 4) is 0 Å². The molecule has 16 heavy (non-hydrogen) atoms. The van der Waals surface area contributed by atoms with Gasteiger partial charge in [0, 0.05) is 10.6 Å². The van der Waals surface area contributed by atoms with Crippen molar-refractivity contribution < 1.29 is 4.79 Å². The topological polar surface area (TPSA) is 60.7 Å². The van der Waals surface area contributed by atoms with Crippen LogP contribution in [-0.2, 0) is 6.54 Å². The first-order valence-electron chi connectivity index (χ1n) is 4.68. The molecule has 0 saturated carbocycles. The highest BCUT2D eigenvalue weighted by molar-refractivity contribution is 6.30. The number of carbonyl (C=O) groups is 1. The van der Waals surface area contributed by atoms with Crippen molar-refractivity contribution in [3.63, 3.8) is 0 Å². The molecule has 0 spiro atoms. The number of rotatable bonds is 3. The summed E-state index contributed by atoms with van der Waals surface area (Å²) in [6, 6.07) is 6.73. The first kappa shape index (κ1) is 10.8. The van der Waals surface area contributed by atoms with Gasteiger partial charge in [0.15, 0.2) is 5.78 Å². The van der Waals surface area contributed by atoms with Crippen LogP contribution in [0.15, 0.2) is 24.3 Å². The van der Waals surface area contributed by atoms with Crippen LogP contribution in [0.1, 0.15) is 16.2 Å². The van der Waals surface area contributed by atoms with Gasteiger partial charge in [0.05, 0.1) is 0 Å². The first-order chi connectivity index (χ1) is 7.66. The smallest absolute Gasteiger partial charge is 0.184 e. The molecule has 0 amide bonds. The lowest BCUT2D eigenvalue weighted by molar-refractivity contribution is 0.0966. The molecule has 1 heterocycles. The quantitative estimate of drug-likeness (QED) is 0.758. The highest BCUT2D eigenvalue weighted by Gasteiger charge is 2.09. The Morgan fingerprint density at radius 3 is 2.62 bits per heavy atom. The van der Waals surface area contributed by atoms with Gasteiger partial charge >= 0.3 is 0 Å². The largest absolute Gasteiger partial charge is 0.292 e. The molecule has 1 aromatic carbocycles. The maximum atomic E-state index is 11.8. The molecule has 6 heteroatoms. The van der Waals surface area contributed by atoms with E-state index in [0.717, 1.165) is 0 Å². The fourth-order valence-corrected chi connectivity index (χ4v) is 1.38. The highest BCUT2D eigenvalue weighted by atomic mass is 35.5. The normalized spacial score (nSPS) is 10.4. The third-order valence-electron chi connectivity index (χ3n) is 2.17. The lowest BCUT2D eigenvalue weighted by atomic mass is 10.1. The second kappa shape index (κ2) is 4.40. The molecule has 0 aliphatic rings. The van der Waals surface area contributed by atoms with Crippen molar-refractivity contribution in [2.75, 3.05) is 0 Å². The second-order valence-corrected chi connectivity index (χ2v) is 3.75. The van der Waals surface area contributed by atoms with Gasteiger partial charge < -0.3 is 0 Å². The maximum Gasteiger partial charge on any atom is 0.184 e. The van der Waals surface area contributed by atoms with Crippen molar-refractivity contribution in [2.24, 2.45) is 0 Å². The molecule has 0 radical (unpaired) electrons. The summed E-state index contributed by atoms with van der Waals surface area (Å²) in [6.07, 6.45) is 0. The van der Waals surface area contributed by atoms with Gasteiger partial charge in [-0.3, -0.25) is 4.79 Å². The number of nitrogens with zero attached hydrogens (tertiary/aromatic N) is 4. The number of aryl methyl sites for hydroxylation is 1. The van der Waals surface area contributed by atoms with Crippen molar-refractivity contribution in [3.05, 3.63) is 40.7 Å². The van der Waals surface area contributed by atoms with E-state index in [0.29, 0.717) is 16.4 Å². The summed E-state index contributed by atoms with van der Waals surface area (Å²) in [5.74, 6) is 0.564. The molecule has 0 atom stereocenters. The van der Waals surface area contributed by atoms with Crippen molar-refractivity contribution >= 4 is 17.4 Å². The van der Waals surface area contributed by atoms with Gasteiger partial charge in [-0.1, -0.05) is 11.6 Å². The predicted molar refractivity (Wildman–Crippen MR) is 58.3 cm³/mol. The summed E-state index contributed by atoms with van der Waals surface area (Å²) in [5, 5.41) is 11.5. The lowest BCUT2D eigenvalue weighted by Crippen LogP contribution is -2.13. The number of carbonyl (C=O) groups excluding carboxylic acids is 1. The average molecular weight is 237 g/mol. The Bertz CT molecular complexity index is 506. The minimum Gasteiger partial charge on any atom is -0.292 e. The minimum atomic E-state index is -0.0490. The van der Waals surface area contributed by atoms with Gasteiger partial charge in [-0.25, -0.2) is 4.68 Å². The fourth-order valence-electron chi connectivity index (χ4n) is 1.26. The molecule has 2 rings (SSSR count). The standard InChI is InChI=1S/C10H9ClN4O/c1-7-12-13-14-15(7)6-10(16)8-2-4-9(11)5-3-8/h2-5H,6H2,1H3. The Morgan fingerprint density at radius 1 is 1.38 bits per heavy atom. The number of hydrogen-bond donors (Lipinski definition) is 0. The number of hydrogen-bond acceptors (Lipinski definition) is 4. The van der Waals surface area contributed by atoms with E-state index < -0.39 is 0 Å². The van der Waals surface area contributed by atoms with E-state index in [4.69, 9.17) is 11.6 Å². The Morgan fingerprint density at radius 2 is 2.06 bits per heavy atom. The Kier molecular flexibility index (Phi) is 2.96. The molecule has 82 valence electrons. The number of benzene rings is 1. The molecule has 0 aliphatic heterocycles. The van der Waals surface area contributed by atoms with E-state index in [-0.39, 0.29) is 12.3 Å². The number of Topliss-reactive ketones (excluding diaryl/α,β-unsaturated/α-hetero) is 1. The molecule has 2 aromatic rings. The summed E-state index contributed by atoms with van der Waals surface area (Å²) >= 11 is 5.74. The number of halogens is 1. The van der Waals surface area contributed by atoms with Crippen LogP contribution in [0, 0.1) is 6.92 Å². The third-order valence-corrected chi connectivity index (χ3v) is 2.42. The van der Waals surface area contributed by atoms with Gasteiger partial charge in [0.2, 0.25) is 0 Å². The number of aromatic nitrogens is 4. The summed E-state index contributed by atoms with van der Waals surface area (Å²) in [5.41, 5.74) is 0.597. The van der Waals surface area contributed by atoms with Crippen LogP contribution in [0.25, 0.3) is 0 Å². The second-order valence-electron chi connectivity index (χ2n) is 3.31. The zero-order chi connectivity index (χ0) is 11.5. The fraction of sp³-hybridized carbons (Fsp3) is 0.200. The van der Waals surface area contributed by atoms with Crippen molar-refractivity contribution in [1.29, 1.82) is 0 Å². The molecule has 1 aromatic heterocycles. The number of ketones is 1. The van der Waals surface area contributed by atoms with E-state index in [1.807, 2.05) is 0 Å². The van der Waals surface area contributed by atoms with Crippen LogP contribution in [0.5, 0.6) is 0 Å². The van der Waals surface area contributed by atoms with Crippen molar-refractivity contribution in [2.45, 2.75) is 13.5 Å². The van der Waals surface area contributed by atoms with Crippen LogP contribution in [0.2, 0.25) is 5.02 Å². The Labute approximate surface area is 97.0 Å². The summed E-state index contributed by atoms with van der Waals surface area (Å²) in [4.78, 5) is 11.8. The average Bonchev–Trinajstić information content (AvgIpc) is 2.65. The van der Waals surface area contributed by atoms with E-state index in [1.54, 1.807) is 31.2 Å². The minimum absolute atomic E-state index is 0.0490. The van der Waals surface area contributed by atoms with E-state index >= 15 is 0 Å². The zero-order valence-electron chi connectivity index (χ0n) is 8.59. The molecule has 0 fully saturated rings. The van der Waals surface area contributed by atoms with Gasteiger partial charge in [-0.15, -0.1) is 5.10 Å². The van der Waals surface area contributed by atoms with Crippen LogP contribution in [-0.4, -0.2) is 26.0 Å². The Balaban J connectivity index is 2.15. The highest BCUT2D eigenvalue weighted by Crippen LogP contribution is 2.10. The van der Waals surface area contributed by atoms with Gasteiger partial charge in [0.25, 0.3) is 0 Å². The monoisotopic (exact) mass is 236 g/mol. The third kappa shape index (κ3) is 2.25. The SMILES string of the molecule is Cc1nnnn1CC(=O)c1ccc(Cl)cc1. The number of tetrazole rings is 1. The molecule has 0 bridgehead atoms. The van der Waals surface area contributed by atoms with Crippen LogP contribution in [0.3, 0.4) is 0 Å². The predicted octanol–water partition coefficient (Wildman–Crippen LogP) is 1.52. The first-order valence-corrected chi connectivity index (χ1v) is 5.06. The summed E-state index contributed by atoms with van der Waals surface area (Å²) in [6.45, 7) is 1.88. The molecule has 0 unspecified atom stereocenters. The molecule has 0 saturated heterocycles. The van der Waals surface area contributed by atoms with Gasteiger partial charge in [-0.05, 0) is 41.6 Å². The maximum absolute atomic E-state index is 11.8. The van der Waals surface area contributed by atoms with Gasteiger partial charge in [0.1, 0.15) is 12.4 Å². The molecule has 5 nitrogen and oxygen atoms in total. The van der Waals surface area contributed by atoms with Crippen LogP contribution in [0.4, 0.5) is 0 Å². The summed E-state index contributed by atoms with van der Waals surface area (Å²) in [7, 11) is 0. The zero-order valence-corrected chi connectivity index (χ0v) is 9.35. The summed E-state index contributed by atoms with van der Waals surface area (Å²) < 4.78 is 1.46. The van der Waals surface area contributed by atoms with E-state index in [9.17, 15) is 4.79 Å². The van der Waals surface area contributed by atoms with E-state index in [1.165, 1.54) is 4.68 Å². The molecular formula is C10H9ClN4O. The molecular weight excluding hydrogens is 228 g/mol. The van der Waals surface area contributed by atoms with Crippen molar-refractivity contribution in [1.82, 2.24) is 20.2 Å². The van der Waals surface area contributed by atoms with E-state index in [2.05, 4.69) is 15.5 Å². The Hall–Kier alpha value is -1.75.